The molecule has 1 saturated heterocycles. The lowest BCUT2D eigenvalue weighted by molar-refractivity contribution is 0.250. The molecule has 3 aromatic rings. The van der Waals surface area contributed by atoms with Crippen LogP contribution in [0.25, 0.3) is 11.0 Å². The fraction of sp³-hybridized carbons (Fsp3) is 0.318. The van der Waals surface area contributed by atoms with E-state index in [0.717, 1.165) is 64.0 Å². The third-order valence-corrected chi connectivity index (χ3v) is 6.22. The molecule has 0 N–H and O–H groups in total. The van der Waals surface area contributed by atoms with Crippen molar-refractivity contribution in [2.24, 2.45) is 0 Å². The lowest BCUT2D eigenvalue weighted by Gasteiger charge is -2.36. The highest BCUT2D eigenvalue weighted by Gasteiger charge is 2.20. The zero-order valence-electron chi connectivity index (χ0n) is 16.0. The van der Waals surface area contributed by atoms with Gasteiger partial charge in [0, 0.05) is 59.9 Å². The number of rotatable bonds is 3. The van der Waals surface area contributed by atoms with Crippen LogP contribution in [0, 0.1) is 13.8 Å². The number of benzene rings is 2. The molecule has 0 spiro atoms. The molecule has 0 radical (unpaired) electrons. The molecule has 0 saturated carbocycles. The van der Waals surface area contributed by atoms with Crippen molar-refractivity contribution >= 4 is 39.9 Å². The quantitative estimate of drug-likeness (QED) is 0.560. The average molecular weight is 417 g/mol. The van der Waals surface area contributed by atoms with Crippen molar-refractivity contribution in [2.45, 2.75) is 20.4 Å². The van der Waals surface area contributed by atoms with Gasteiger partial charge in [0.15, 0.2) is 0 Å². The molecule has 6 heteroatoms. The fourth-order valence-corrected chi connectivity index (χ4v) is 4.29. The summed E-state index contributed by atoms with van der Waals surface area (Å²) in [7, 11) is 0. The van der Waals surface area contributed by atoms with Crippen LogP contribution >= 0.6 is 23.2 Å². The lowest BCUT2D eigenvalue weighted by Crippen LogP contribution is -2.46. The number of hydrogen-bond acceptors (Lipinski definition) is 4. The molecule has 0 aliphatic carbocycles. The van der Waals surface area contributed by atoms with Gasteiger partial charge >= 0.3 is 5.63 Å². The van der Waals surface area contributed by atoms with Gasteiger partial charge in [-0.2, -0.15) is 0 Å². The molecular weight excluding hydrogens is 395 g/mol. The highest BCUT2D eigenvalue weighted by atomic mass is 35.5. The van der Waals surface area contributed by atoms with E-state index >= 15 is 0 Å². The molecule has 2 heterocycles. The topological polar surface area (TPSA) is 36.7 Å². The van der Waals surface area contributed by atoms with Crippen LogP contribution in [0.3, 0.4) is 0 Å². The number of fused-ring (bicyclic) bond motifs is 1. The Morgan fingerprint density at radius 2 is 1.79 bits per heavy atom. The number of piperazine rings is 1. The SMILES string of the molecule is Cc1cc2oc(=O)cc(CN3CCN(c4cccc(Cl)c4)CC3)c2c(C)c1Cl. The maximum absolute atomic E-state index is 12.1. The van der Waals surface area contributed by atoms with Crippen LogP contribution in [0.5, 0.6) is 0 Å². The van der Waals surface area contributed by atoms with E-state index in [1.54, 1.807) is 6.07 Å². The van der Waals surface area contributed by atoms with Crippen LogP contribution in [-0.4, -0.2) is 31.1 Å². The Morgan fingerprint density at radius 1 is 1.04 bits per heavy atom. The van der Waals surface area contributed by atoms with Crippen molar-refractivity contribution in [1.29, 1.82) is 0 Å². The number of hydrogen-bond donors (Lipinski definition) is 0. The first-order chi connectivity index (χ1) is 13.4. The smallest absolute Gasteiger partial charge is 0.336 e. The Kier molecular flexibility index (Phi) is 5.37. The summed E-state index contributed by atoms with van der Waals surface area (Å²) in [6.07, 6.45) is 0. The Hall–Kier alpha value is -2.01. The molecule has 0 unspecified atom stereocenters. The molecule has 4 rings (SSSR count). The number of aryl methyl sites for hydroxylation is 2. The predicted octanol–water partition coefficient (Wildman–Crippen LogP) is 5.04. The number of anilines is 1. The molecule has 0 bridgehead atoms. The van der Waals surface area contributed by atoms with Gasteiger partial charge in [-0.3, -0.25) is 4.90 Å². The molecular formula is C22H22Cl2N2O2. The van der Waals surface area contributed by atoms with Crippen molar-refractivity contribution in [1.82, 2.24) is 4.90 Å². The highest BCUT2D eigenvalue weighted by Crippen LogP contribution is 2.31. The van der Waals surface area contributed by atoms with E-state index in [-0.39, 0.29) is 5.63 Å². The molecule has 2 aromatic carbocycles. The van der Waals surface area contributed by atoms with E-state index in [9.17, 15) is 4.79 Å². The average Bonchev–Trinajstić information content (AvgIpc) is 2.66. The standard InChI is InChI=1S/C22H22Cl2N2O2/c1-14-10-19-21(15(2)22(14)24)16(11-20(27)28-19)13-25-6-8-26(9-7-25)18-5-3-4-17(23)12-18/h3-5,10-12H,6-9,13H2,1-2H3. The van der Waals surface area contributed by atoms with Crippen molar-refractivity contribution < 1.29 is 4.42 Å². The summed E-state index contributed by atoms with van der Waals surface area (Å²) < 4.78 is 5.44. The van der Waals surface area contributed by atoms with Crippen molar-refractivity contribution in [2.75, 3.05) is 31.1 Å². The first-order valence-electron chi connectivity index (χ1n) is 9.37. The number of halogens is 2. The Bertz CT molecular complexity index is 1090. The summed E-state index contributed by atoms with van der Waals surface area (Å²) >= 11 is 12.6. The first kappa shape index (κ1) is 19.3. The van der Waals surface area contributed by atoms with E-state index in [4.69, 9.17) is 27.6 Å². The van der Waals surface area contributed by atoms with Crippen LogP contribution in [0.2, 0.25) is 10.0 Å². The molecule has 1 aliphatic rings. The van der Waals surface area contributed by atoms with Crippen LogP contribution in [0.1, 0.15) is 16.7 Å². The van der Waals surface area contributed by atoms with Gasteiger partial charge in [-0.1, -0.05) is 29.3 Å². The second kappa shape index (κ2) is 7.78. The fourth-order valence-electron chi connectivity index (χ4n) is 3.96. The third kappa shape index (κ3) is 3.77. The van der Waals surface area contributed by atoms with E-state index in [1.165, 1.54) is 0 Å². The van der Waals surface area contributed by atoms with Gasteiger partial charge in [0.2, 0.25) is 0 Å². The first-order valence-corrected chi connectivity index (χ1v) is 10.1. The van der Waals surface area contributed by atoms with Gasteiger partial charge < -0.3 is 9.32 Å². The maximum Gasteiger partial charge on any atom is 0.336 e. The predicted molar refractivity (Wildman–Crippen MR) is 116 cm³/mol. The summed E-state index contributed by atoms with van der Waals surface area (Å²) in [5, 5.41) is 2.44. The van der Waals surface area contributed by atoms with E-state index in [0.29, 0.717) is 12.1 Å². The van der Waals surface area contributed by atoms with Crippen LogP contribution in [0.15, 0.2) is 45.6 Å². The van der Waals surface area contributed by atoms with Crippen LogP contribution in [-0.2, 0) is 6.54 Å². The van der Waals surface area contributed by atoms with E-state index in [1.807, 2.05) is 38.1 Å². The molecule has 28 heavy (non-hydrogen) atoms. The van der Waals surface area contributed by atoms with Gasteiger partial charge in [0.25, 0.3) is 0 Å². The van der Waals surface area contributed by atoms with E-state index < -0.39 is 0 Å². The van der Waals surface area contributed by atoms with Crippen molar-refractivity contribution in [3.05, 3.63) is 73.6 Å². The Balaban J connectivity index is 1.56. The zero-order chi connectivity index (χ0) is 19.8. The summed E-state index contributed by atoms with van der Waals surface area (Å²) in [6, 6.07) is 11.4. The van der Waals surface area contributed by atoms with Gasteiger partial charge in [-0.25, -0.2) is 4.79 Å². The second-order valence-electron chi connectivity index (χ2n) is 7.34. The molecule has 1 aliphatic heterocycles. The molecule has 1 fully saturated rings. The lowest BCUT2D eigenvalue weighted by atomic mass is 10.0. The molecule has 146 valence electrons. The summed E-state index contributed by atoms with van der Waals surface area (Å²) in [4.78, 5) is 16.8. The van der Waals surface area contributed by atoms with Gasteiger partial charge in [0.1, 0.15) is 5.58 Å². The normalized spacial score (nSPS) is 15.4. The minimum atomic E-state index is -0.318. The minimum Gasteiger partial charge on any atom is -0.423 e. The maximum atomic E-state index is 12.1. The van der Waals surface area contributed by atoms with Crippen LogP contribution in [0.4, 0.5) is 5.69 Å². The summed E-state index contributed by atoms with van der Waals surface area (Å²) in [6.45, 7) is 8.26. The van der Waals surface area contributed by atoms with Crippen LogP contribution < -0.4 is 10.5 Å². The minimum absolute atomic E-state index is 0.318. The number of nitrogens with zero attached hydrogens (tertiary/aromatic N) is 2. The summed E-state index contributed by atoms with van der Waals surface area (Å²) in [5.74, 6) is 0. The summed E-state index contributed by atoms with van der Waals surface area (Å²) in [5.41, 5.74) is 4.30. The molecule has 4 nitrogen and oxygen atoms in total. The van der Waals surface area contributed by atoms with Crippen molar-refractivity contribution in [3.63, 3.8) is 0 Å². The Labute approximate surface area is 174 Å². The largest absolute Gasteiger partial charge is 0.423 e. The molecule has 1 aromatic heterocycles. The van der Waals surface area contributed by atoms with E-state index in [2.05, 4.69) is 15.9 Å². The molecule has 0 atom stereocenters. The van der Waals surface area contributed by atoms with Crippen molar-refractivity contribution in [3.8, 4) is 0 Å². The second-order valence-corrected chi connectivity index (χ2v) is 8.15. The van der Waals surface area contributed by atoms with Gasteiger partial charge in [-0.05, 0) is 54.8 Å². The van der Waals surface area contributed by atoms with Gasteiger partial charge in [0.05, 0.1) is 0 Å². The zero-order valence-corrected chi connectivity index (χ0v) is 17.5. The highest BCUT2D eigenvalue weighted by molar-refractivity contribution is 6.33. The monoisotopic (exact) mass is 416 g/mol. The molecule has 0 amide bonds. The third-order valence-electron chi connectivity index (χ3n) is 5.41. The van der Waals surface area contributed by atoms with Gasteiger partial charge in [-0.15, -0.1) is 0 Å². The Morgan fingerprint density at radius 3 is 2.50 bits per heavy atom.